The molecule has 2 aromatic heterocycles. The maximum absolute atomic E-state index is 12.8. The predicted molar refractivity (Wildman–Crippen MR) is 97.5 cm³/mol. The van der Waals surface area contributed by atoms with Gasteiger partial charge in [0.15, 0.2) is 5.69 Å². The molecule has 0 saturated carbocycles. The summed E-state index contributed by atoms with van der Waals surface area (Å²) in [6.45, 7) is 6.19. The van der Waals surface area contributed by atoms with E-state index in [0.29, 0.717) is 12.2 Å². The first-order valence-electron chi connectivity index (χ1n) is 8.93. The van der Waals surface area contributed by atoms with Crippen LogP contribution in [-0.2, 0) is 19.4 Å². The summed E-state index contributed by atoms with van der Waals surface area (Å²) < 4.78 is 7.11. The molecule has 6 nitrogen and oxygen atoms in total. The number of aromatic nitrogens is 3. The van der Waals surface area contributed by atoms with Gasteiger partial charge in [-0.1, -0.05) is 23.4 Å². The minimum atomic E-state index is -0.143. The molecule has 3 aromatic rings. The molecule has 1 aliphatic rings. The highest BCUT2D eigenvalue weighted by Crippen LogP contribution is 2.29. The lowest BCUT2D eigenvalue weighted by Gasteiger charge is -2.08. The fourth-order valence-electron chi connectivity index (χ4n) is 3.63. The summed E-state index contributed by atoms with van der Waals surface area (Å²) in [4.78, 5) is 12.8. The molecule has 2 heterocycles. The molecule has 1 aliphatic carbocycles. The van der Waals surface area contributed by atoms with Crippen molar-refractivity contribution in [3.63, 3.8) is 0 Å². The fourth-order valence-corrected chi connectivity index (χ4v) is 3.63. The first-order chi connectivity index (χ1) is 12.6. The number of carbonyl (C=O) groups excluding carboxylic acids is 1. The van der Waals surface area contributed by atoms with Gasteiger partial charge in [-0.05, 0) is 51.7 Å². The number of nitrogens with one attached hydrogen (secondary N) is 1. The van der Waals surface area contributed by atoms with Crippen molar-refractivity contribution in [2.24, 2.45) is 0 Å². The molecule has 0 radical (unpaired) electrons. The zero-order valence-corrected chi connectivity index (χ0v) is 15.3. The van der Waals surface area contributed by atoms with Crippen molar-refractivity contribution < 1.29 is 9.32 Å². The zero-order valence-electron chi connectivity index (χ0n) is 15.3. The Morgan fingerprint density at radius 3 is 2.77 bits per heavy atom. The summed E-state index contributed by atoms with van der Waals surface area (Å²) in [5, 5.41) is 11.6. The molecule has 1 N–H and O–H groups in total. The maximum atomic E-state index is 12.8. The molecule has 0 aliphatic heterocycles. The van der Waals surface area contributed by atoms with E-state index in [2.05, 4.69) is 28.6 Å². The van der Waals surface area contributed by atoms with E-state index < -0.39 is 0 Å². The second-order valence-electron chi connectivity index (χ2n) is 6.81. The van der Waals surface area contributed by atoms with Crippen LogP contribution in [0, 0.1) is 20.8 Å². The Hall–Kier alpha value is -2.89. The Kier molecular flexibility index (Phi) is 4.11. The summed E-state index contributed by atoms with van der Waals surface area (Å²) in [6, 6.07) is 8.13. The molecule has 26 heavy (non-hydrogen) atoms. The van der Waals surface area contributed by atoms with E-state index in [1.807, 2.05) is 36.7 Å². The Morgan fingerprint density at radius 2 is 2.04 bits per heavy atom. The van der Waals surface area contributed by atoms with Crippen LogP contribution in [0.15, 0.2) is 28.8 Å². The predicted octanol–water partition coefficient (Wildman–Crippen LogP) is 3.20. The Morgan fingerprint density at radius 1 is 1.23 bits per heavy atom. The standard InChI is InChI=1S/C20H22N4O2/c1-12-7-4-5-9-17(12)24-18-10-6-8-15(18)19(22-24)20(25)21-11-16-13(2)23-26-14(16)3/h4-5,7,9H,6,8,10-11H2,1-3H3,(H,21,25). The van der Waals surface area contributed by atoms with E-state index >= 15 is 0 Å². The van der Waals surface area contributed by atoms with Gasteiger partial charge >= 0.3 is 0 Å². The van der Waals surface area contributed by atoms with Crippen LogP contribution in [0.1, 0.15) is 50.7 Å². The van der Waals surface area contributed by atoms with Crippen LogP contribution in [0.25, 0.3) is 5.69 Å². The van der Waals surface area contributed by atoms with E-state index in [1.54, 1.807) is 0 Å². The van der Waals surface area contributed by atoms with Crippen molar-refractivity contribution in [2.75, 3.05) is 0 Å². The molecule has 0 bridgehead atoms. The Balaban J connectivity index is 1.64. The van der Waals surface area contributed by atoms with Crippen LogP contribution < -0.4 is 5.32 Å². The lowest BCUT2D eigenvalue weighted by Crippen LogP contribution is -2.25. The van der Waals surface area contributed by atoms with Crippen LogP contribution >= 0.6 is 0 Å². The average Bonchev–Trinajstić information content (AvgIpc) is 3.30. The Bertz CT molecular complexity index is 964. The van der Waals surface area contributed by atoms with Gasteiger partial charge in [-0.3, -0.25) is 4.79 Å². The first-order valence-corrected chi connectivity index (χ1v) is 8.93. The van der Waals surface area contributed by atoms with Crippen LogP contribution in [0.3, 0.4) is 0 Å². The third-order valence-corrected chi connectivity index (χ3v) is 5.10. The van der Waals surface area contributed by atoms with Gasteiger partial charge in [-0.2, -0.15) is 5.10 Å². The van der Waals surface area contributed by atoms with Gasteiger partial charge in [0.05, 0.1) is 11.4 Å². The number of fused-ring (bicyclic) bond motifs is 1. The molecule has 4 rings (SSSR count). The average molecular weight is 350 g/mol. The summed E-state index contributed by atoms with van der Waals surface area (Å²) in [5.41, 5.74) is 6.67. The SMILES string of the molecule is Cc1ccccc1-n1nc(C(=O)NCc2c(C)noc2C)c2c1CCC2. The van der Waals surface area contributed by atoms with Gasteiger partial charge in [-0.15, -0.1) is 0 Å². The smallest absolute Gasteiger partial charge is 0.272 e. The zero-order chi connectivity index (χ0) is 18.3. The number of carbonyl (C=O) groups is 1. The summed E-state index contributed by atoms with van der Waals surface area (Å²) in [7, 11) is 0. The number of hydrogen-bond donors (Lipinski definition) is 1. The number of para-hydroxylation sites is 1. The van der Waals surface area contributed by atoms with Crippen molar-refractivity contribution in [3.8, 4) is 5.69 Å². The van der Waals surface area contributed by atoms with E-state index in [-0.39, 0.29) is 5.91 Å². The molecule has 134 valence electrons. The third kappa shape index (κ3) is 2.71. The molecule has 1 aromatic carbocycles. The number of aryl methyl sites for hydroxylation is 3. The topological polar surface area (TPSA) is 73.0 Å². The third-order valence-electron chi connectivity index (χ3n) is 5.10. The highest BCUT2D eigenvalue weighted by atomic mass is 16.5. The van der Waals surface area contributed by atoms with Gasteiger partial charge in [0, 0.05) is 23.4 Å². The van der Waals surface area contributed by atoms with Crippen molar-refractivity contribution in [1.82, 2.24) is 20.3 Å². The number of rotatable bonds is 4. The highest BCUT2D eigenvalue weighted by molar-refractivity contribution is 5.94. The molecule has 0 unspecified atom stereocenters. The summed E-state index contributed by atoms with van der Waals surface area (Å²) in [6.07, 6.45) is 2.91. The lowest BCUT2D eigenvalue weighted by atomic mass is 10.1. The lowest BCUT2D eigenvalue weighted by molar-refractivity contribution is 0.0944. The van der Waals surface area contributed by atoms with E-state index in [9.17, 15) is 4.79 Å². The molecule has 0 atom stereocenters. The van der Waals surface area contributed by atoms with Crippen LogP contribution in [0.4, 0.5) is 0 Å². The Labute approximate surface area is 152 Å². The van der Waals surface area contributed by atoms with Crippen LogP contribution in [-0.4, -0.2) is 20.8 Å². The molecular weight excluding hydrogens is 328 g/mol. The van der Waals surface area contributed by atoms with Crippen molar-refractivity contribution in [3.05, 3.63) is 63.8 Å². The fraction of sp³-hybridized carbons (Fsp3) is 0.350. The van der Waals surface area contributed by atoms with Crippen molar-refractivity contribution in [2.45, 2.75) is 46.6 Å². The van der Waals surface area contributed by atoms with E-state index in [0.717, 1.165) is 58.8 Å². The van der Waals surface area contributed by atoms with Gasteiger partial charge in [0.1, 0.15) is 5.76 Å². The summed E-state index contributed by atoms with van der Waals surface area (Å²) in [5.74, 6) is 0.592. The van der Waals surface area contributed by atoms with E-state index in [1.165, 1.54) is 0 Å². The maximum Gasteiger partial charge on any atom is 0.272 e. The number of nitrogens with zero attached hydrogens (tertiary/aromatic N) is 3. The first kappa shape index (κ1) is 16.6. The quantitative estimate of drug-likeness (QED) is 0.784. The number of benzene rings is 1. The molecule has 0 saturated heterocycles. The van der Waals surface area contributed by atoms with Crippen molar-refractivity contribution in [1.29, 1.82) is 0 Å². The molecule has 0 fully saturated rings. The number of amides is 1. The monoisotopic (exact) mass is 350 g/mol. The van der Waals surface area contributed by atoms with Gasteiger partial charge in [0.25, 0.3) is 5.91 Å². The van der Waals surface area contributed by atoms with Gasteiger partial charge in [-0.25, -0.2) is 4.68 Å². The van der Waals surface area contributed by atoms with Gasteiger partial charge in [0.2, 0.25) is 0 Å². The highest BCUT2D eigenvalue weighted by Gasteiger charge is 2.27. The van der Waals surface area contributed by atoms with Gasteiger partial charge < -0.3 is 9.84 Å². The van der Waals surface area contributed by atoms with E-state index in [4.69, 9.17) is 4.52 Å². The molecule has 1 amide bonds. The number of hydrogen-bond acceptors (Lipinski definition) is 4. The van der Waals surface area contributed by atoms with Crippen molar-refractivity contribution >= 4 is 5.91 Å². The molecule has 6 heteroatoms. The minimum absolute atomic E-state index is 0.143. The minimum Gasteiger partial charge on any atom is -0.361 e. The molecule has 0 spiro atoms. The molecular formula is C20H22N4O2. The summed E-state index contributed by atoms with van der Waals surface area (Å²) >= 11 is 0. The van der Waals surface area contributed by atoms with Crippen LogP contribution in [0.2, 0.25) is 0 Å². The largest absolute Gasteiger partial charge is 0.361 e. The van der Waals surface area contributed by atoms with Crippen LogP contribution in [0.5, 0.6) is 0 Å². The second-order valence-corrected chi connectivity index (χ2v) is 6.81. The second kappa shape index (κ2) is 6.44. The normalized spacial score (nSPS) is 13.0.